The molecule has 4 unspecified atom stereocenters. The molecular weight excluding hydrogens is 394 g/mol. The van der Waals surface area contributed by atoms with Crippen LogP contribution in [0.4, 0.5) is 0 Å². The van der Waals surface area contributed by atoms with E-state index in [1.807, 2.05) is 0 Å². The number of rotatable bonds is 5. The molecule has 5 atom stereocenters. The fourth-order valence-electron chi connectivity index (χ4n) is 4.40. The van der Waals surface area contributed by atoms with E-state index in [2.05, 4.69) is 6.58 Å². The number of carboxylic acids is 1. The molecule has 30 heavy (non-hydrogen) atoms. The quantitative estimate of drug-likeness (QED) is 0.200. The fraction of sp³-hybridized carbons (Fsp3) is 0.333. The van der Waals surface area contributed by atoms with Crippen molar-refractivity contribution >= 4 is 11.9 Å². The SMILES string of the molecule is C=C(O)\C(=C/C(=C\C)/C=C1/C(=O)OC23C=CC4C(C(=O)O)=COC(O[C@@H]12)C43N)OC. The molecule has 158 valence electrons. The second-order valence-corrected chi connectivity index (χ2v) is 7.36. The summed E-state index contributed by atoms with van der Waals surface area (Å²) < 4.78 is 22.2. The first-order valence-electron chi connectivity index (χ1n) is 9.17. The second kappa shape index (κ2) is 6.61. The van der Waals surface area contributed by atoms with E-state index in [9.17, 15) is 19.8 Å². The molecule has 1 aliphatic carbocycles. The minimum atomic E-state index is -1.42. The molecule has 0 saturated carbocycles. The molecule has 0 amide bonds. The summed E-state index contributed by atoms with van der Waals surface area (Å²) in [4.78, 5) is 24.4. The van der Waals surface area contributed by atoms with Gasteiger partial charge in [0.2, 0.25) is 6.29 Å². The Hall–Kier alpha value is -3.30. The van der Waals surface area contributed by atoms with Crippen LogP contribution in [0, 0.1) is 5.92 Å². The third-order valence-corrected chi connectivity index (χ3v) is 5.90. The molecule has 0 aromatic carbocycles. The van der Waals surface area contributed by atoms with Gasteiger partial charge in [0.05, 0.1) is 24.5 Å². The Morgan fingerprint density at radius 3 is 2.73 bits per heavy atom. The first kappa shape index (κ1) is 20.0. The number of carbonyl (C=O) groups is 2. The lowest BCUT2D eigenvalue weighted by Gasteiger charge is -2.41. The van der Waals surface area contributed by atoms with E-state index >= 15 is 0 Å². The van der Waals surface area contributed by atoms with Crippen molar-refractivity contribution < 1.29 is 38.7 Å². The van der Waals surface area contributed by atoms with E-state index < -0.39 is 41.4 Å². The first-order valence-corrected chi connectivity index (χ1v) is 9.17. The molecule has 0 radical (unpaired) electrons. The smallest absolute Gasteiger partial charge is 0.337 e. The standard InChI is InChI=1S/C21H21NO8/c1-4-11(8-15(27-3)10(2)23)7-12-16-20(30-18(12)26)6-5-14-13(17(24)25)9-28-19(29-16)21(14,20)22/h4-9,14,16,19,23H,2,22H2,1,3H3,(H,24,25)/b11-4-,12-7+,15-8+/t14?,16-,19?,20?,21?/m0/s1. The van der Waals surface area contributed by atoms with Gasteiger partial charge in [-0.15, -0.1) is 0 Å². The Morgan fingerprint density at radius 1 is 1.40 bits per heavy atom. The van der Waals surface area contributed by atoms with Crippen LogP contribution in [0.3, 0.4) is 0 Å². The third-order valence-electron chi connectivity index (χ3n) is 5.90. The van der Waals surface area contributed by atoms with Crippen molar-refractivity contribution in [1.82, 2.24) is 0 Å². The van der Waals surface area contributed by atoms with Crippen LogP contribution in [0.25, 0.3) is 0 Å². The van der Waals surface area contributed by atoms with Crippen molar-refractivity contribution in [3.05, 3.63) is 71.5 Å². The molecule has 0 bridgehead atoms. The molecule has 1 spiro atoms. The Balaban J connectivity index is 1.75. The predicted octanol–water partition coefficient (Wildman–Crippen LogP) is 1.36. The first-order chi connectivity index (χ1) is 14.2. The highest BCUT2D eigenvalue weighted by Crippen LogP contribution is 2.59. The van der Waals surface area contributed by atoms with Gasteiger partial charge in [0.15, 0.2) is 11.4 Å². The van der Waals surface area contributed by atoms with E-state index in [1.165, 1.54) is 19.3 Å². The topological polar surface area (TPSA) is 138 Å². The molecule has 0 aromatic rings. The highest BCUT2D eigenvalue weighted by Gasteiger charge is 2.78. The van der Waals surface area contributed by atoms with Gasteiger partial charge in [0.25, 0.3) is 0 Å². The highest BCUT2D eigenvalue weighted by molar-refractivity contribution is 5.95. The van der Waals surface area contributed by atoms with Crippen molar-refractivity contribution in [2.24, 2.45) is 11.7 Å². The van der Waals surface area contributed by atoms with Gasteiger partial charge in [-0.25, -0.2) is 9.59 Å². The van der Waals surface area contributed by atoms with Gasteiger partial charge in [0.1, 0.15) is 17.4 Å². The van der Waals surface area contributed by atoms with Crippen LogP contribution in [-0.4, -0.2) is 52.8 Å². The maximum atomic E-state index is 12.8. The number of allylic oxidation sites excluding steroid dienone is 4. The largest absolute Gasteiger partial charge is 0.505 e. The molecule has 0 aromatic heterocycles. The number of carbonyl (C=O) groups excluding carboxylic acids is 1. The van der Waals surface area contributed by atoms with Gasteiger partial charge in [-0.2, -0.15) is 0 Å². The van der Waals surface area contributed by atoms with Crippen molar-refractivity contribution in [2.45, 2.75) is 30.5 Å². The van der Waals surface area contributed by atoms with E-state index in [4.69, 9.17) is 24.7 Å². The summed E-state index contributed by atoms with van der Waals surface area (Å²) in [5.41, 5.74) is 4.49. The minimum Gasteiger partial charge on any atom is -0.505 e. The molecule has 2 saturated heterocycles. The summed E-state index contributed by atoms with van der Waals surface area (Å²) in [7, 11) is 1.38. The molecule has 3 heterocycles. The van der Waals surface area contributed by atoms with Crippen LogP contribution in [0.5, 0.6) is 0 Å². The van der Waals surface area contributed by atoms with Crippen molar-refractivity contribution in [3.63, 3.8) is 0 Å². The lowest BCUT2D eigenvalue weighted by molar-refractivity contribution is -0.156. The number of hydrogen-bond acceptors (Lipinski definition) is 8. The van der Waals surface area contributed by atoms with Gasteiger partial charge in [-0.3, -0.25) is 0 Å². The van der Waals surface area contributed by atoms with Gasteiger partial charge in [-0.1, -0.05) is 18.7 Å². The number of nitrogens with two attached hydrogens (primary N) is 1. The maximum Gasteiger partial charge on any atom is 0.337 e. The summed E-state index contributed by atoms with van der Waals surface area (Å²) in [6, 6.07) is 0. The fourth-order valence-corrected chi connectivity index (χ4v) is 4.40. The average molecular weight is 415 g/mol. The summed E-state index contributed by atoms with van der Waals surface area (Å²) in [5, 5.41) is 19.1. The molecule has 9 nitrogen and oxygen atoms in total. The molecule has 2 fully saturated rings. The summed E-state index contributed by atoms with van der Waals surface area (Å²) in [6.45, 7) is 5.16. The van der Waals surface area contributed by atoms with E-state index in [0.29, 0.717) is 5.57 Å². The van der Waals surface area contributed by atoms with Crippen LogP contribution >= 0.6 is 0 Å². The second-order valence-electron chi connectivity index (χ2n) is 7.36. The lowest BCUT2D eigenvalue weighted by atomic mass is 9.72. The van der Waals surface area contributed by atoms with E-state index in [0.717, 1.165) is 6.26 Å². The van der Waals surface area contributed by atoms with Crippen LogP contribution < -0.4 is 5.73 Å². The average Bonchev–Trinajstić information content (AvgIpc) is 3.23. The van der Waals surface area contributed by atoms with Gasteiger partial charge in [0, 0.05) is 5.92 Å². The zero-order valence-electron chi connectivity index (χ0n) is 16.3. The molecule has 9 heteroatoms. The van der Waals surface area contributed by atoms with Crippen molar-refractivity contribution in [3.8, 4) is 0 Å². The number of aliphatic carboxylic acids is 1. The van der Waals surface area contributed by atoms with Gasteiger partial charge < -0.3 is 34.9 Å². The van der Waals surface area contributed by atoms with E-state index in [-0.39, 0.29) is 22.7 Å². The minimum absolute atomic E-state index is 0.0390. The number of aliphatic hydroxyl groups is 1. The Labute approximate surface area is 172 Å². The van der Waals surface area contributed by atoms with E-state index in [1.54, 1.807) is 25.2 Å². The van der Waals surface area contributed by atoms with Crippen LogP contribution in [0.2, 0.25) is 0 Å². The Kier molecular flexibility index (Phi) is 4.41. The third kappa shape index (κ3) is 2.42. The predicted molar refractivity (Wildman–Crippen MR) is 103 cm³/mol. The van der Waals surface area contributed by atoms with Gasteiger partial charge >= 0.3 is 11.9 Å². The Morgan fingerprint density at radius 2 is 2.13 bits per heavy atom. The van der Waals surface area contributed by atoms with Crippen LogP contribution in [0.1, 0.15) is 6.92 Å². The van der Waals surface area contributed by atoms with Crippen molar-refractivity contribution in [2.75, 3.05) is 7.11 Å². The maximum absolute atomic E-state index is 12.8. The lowest BCUT2D eigenvalue weighted by Crippen LogP contribution is -2.67. The molecule has 4 rings (SSSR count). The van der Waals surface area contributed by atoms with Gasteiger partial charge in [-0.05, 0) is 30.7 Å². The number of methoxy groups -OCH3 is 1. The summed E-state index contributed by atoms with van der Waals surface area (Å²) in [6.07, 6.45) is 7.16. The number of hydrogen-bond donors (Lipinski definition) is 3. The monoisotopic (exact) mass is 415 g/mol. The summed E-state index contributed by atoms with van der Waals surface area (Å²) >= 11 is 0. The molecule has 3 aliphatic heterocycles. The van der Waals surface area contributed by atoms with Crippen LogP contribution in [0.15, 0.2) is 71.5 Å². The molecule has 4 N–H and O–H groups in total. The number of aliphatic hydroxyl groups excluding tert-OH is 1. The normalized spacial score (nSPS) is 38.0. The van der Waals surface area contributed by atoms with Crippen LogP contribution in [-0.2, 0) is 28.5 Å². The van der Waals surface area contributed by atoms with Crippen molar-refractivity contribution in [1.29, 1.82) is 0 Å². The number of ether oxygens (including phenoxy) is 4. The zero-order chi connectivity index (χ0) is 21.8. The Bertz CT molecular complexity index is 1000. The summed E-state index contributed by atoms with van der Waals surface area (Å²) in [5.74, 6) is -2.71. The zero-order valence-corrected chi connectivity index (χ0v) is 16.3. The number of esters is 1. The highest BCUT2D eigenvalue weighted by atomic mass is 16.7. The number of carboxylic acid groups (broad SMARTS) is 1. The molecule has 4 aliphatic rings. The molecular formula is C21H21NO8.